The van der Waals surface area contributed by atoms with Gasteiger partial charge < -0.3 is 5.32 Å². The van der Waals surface area contributed by atoms with Crippen LogP contribution in [0.3, 0.4) is 0 Å². The lowest BCUT2D eigenvalue weighted by atomic mass is 10.1. The standard InChI is InChI=1S/C11H9BrF3NO/c1-2-5-16-10(17)8-6-7(11(13,14)15)3-4-9(8)12/h2-4,6H,1,5H2,(H,16,17). The summed E-state index contributed by atoms with van der Waals surface area (Å²) in [5, 5.41) is 2.41. The van der Waals surface area contributed by atoms with E-state index in [1.54, 1.807) is 0 Å². The van der Waals surface area contributed by atoms with E-state index in [1.807, 2.05) is 0 Å². The van der Waals surface area contributed by atoms with Gasteiger partial charge in [-0.15, -0.1) is 6.58 Å². The van der Waals surface area contributed by atoms with Crippen LogP contribution in [0.15, 0.2) is 35.3 Å². The topological polar surface area (TPSA) is 29.1 Å². The molecule has 2 nitrogen and oxygen atoms in total. The zero-order chi connectivity index (χ0) is 13.1. The van der Waals surface area contributed by atoms with Gasteiger partial charge in [0.2, 0.25) is 0 Å². The Morgan fingerprint density at radius 2 is 2.12 bits per heavy atom. The summed E-state index contributed by atoms with van der Waals surface area (Å²) >= 11 is 3.04. The normalized spacial score (nSPS) is 11.1. The highest BCUT2D eigenvalue weighted by Gasteiger charge is 2.31. The van der Waals surface area contributed by atoms with Gasteiger partial charge in [0.15, 0.2) is 0 Å². The van der Waals surface area contributed by atoms with E-state index in [0.717, 1.165) is 12.1 Å². The Labute approximate surface area is 105 Å². The number of carbonyl (C=O) groups excluding carboxylic acids is 1. The molecule has 1 rings (SSSR count). The molecule has 0 unspecified atom stereocenters. The van der Waals surface area contributed by atoms with Gasteiger partial charge in [-0.1, -0.05) is 6.08 Å². The lowest BCUT2D eigenvalue weighted by Crippen LogP contribution is -2.24. The van der Waals surface area contributed by atoms with E-state index < -0.39 is 17.6 Å². The highest BCUT2D eigenvalue weighted by atomic mass is 79.9. The summed E-state index contributed by atoms with van der Waals surface area (Å²) in [7, 11) is 0. The fraction of sp³-hybridized carbons (Fsp3) is 0.182. The van der Waals surface area contributed by atoms with Gasteiger partial charge in [-0.25, -0.2) is 0 Å². The number of carbonyl (C=O) groups is 1. The van der Waals surface area contributed by atoms with Crippen LogP contribution in [0.2, 0.25) is 0 Å². The van der Waals surface area contributed by atoms with Gasteiger partial charge >= 0.3 is 6.18 Å². The zero-order valence-corrected chi connectivity index (χ0v) is 10.2. The van der Waals surface area contributed by atoms with Crippen molar-refractivity contribution in [2.75, 3.05) is 6.54 Å². The molecule has 6 heteroatoms. The Morgan fingerprint density at radius 3 is 2.65 bits per heavy atom. The van der Waals surface area contributed by atoms with E-state index >= 15 is 0 Å². The number of hydrogen-bond donors (Lipinski definition) is 1. The number of nitrogens with one attached hydrogen (secondary N) is 1. The van der Waals surface area contributed by atoms with E-state index in [1.165, 1.54) is 12.1 Å². The van der Waals surface area contributed by atoms with Crippen LogP contribution < -0.4 is 5.32 Å². The molecule has 0 aliphatic heterocycles. The van der Waals surface area contributed by atoms with Crippen molar-refractivity contribution < 1.29 is 18.0 Å². The fourth-order valence-corrected chi connectivity index (χ4v) is 1.56. The van der Waals surface area contributed by atoms with E-state index in [2.05, 4.69) is 27.8 Å². The van der Waals surface area contributed by atoms with Crippen LogP contribution in [-0.4, -0.2) is 12.5 Å². The second kappa shape index (κ2) is 5.35. The molecule has 0 radical (unpaired) electrons. The zero-order valence-electron chi connectivity index (χ0n) is 8.64. The number of hydrogen-bond acceptors (Lipinski definition) is 1. The average Bonchev–Trinajstić information content (AvgIpc) is 2.24. The molecule has 1 amide bonds. The molecule has 0 fully saturated rings. The number of alkyl halides is 3. The van der Waals surface area contributed by atoms with Crippen LogP contribution in [-0.2, 0) is 6.18 Å². The predicted molar refractivity (Wildman–Crippen MR) is 61.7 cm³/mol. The first-order valence-corrected chi connectivity index (χ1v) is 5.41. The van der Waals surface area contributed by atoms with Crippen molar-refractivity contribution in [3.8, 4) is 0 Å². The van der Waals surface area contributed by atoms with Crippen molar-refractivity contribution in [2.45, 2.75) is 6.18 Å². The van der Waals surface area contributed by atoms with E-state index in [9.17, 15) is 18.0 Å². The summed E-state index contributed by atoms with van der Waals surface area (Å²) in [5.41, 5.74) is -0.911. The van der Waals surface area contributed by atoms with Gasteiger partial charge in [0.1, 0.15) is 0 Å². The molecule has 1 aromatic carbocycles. The summed E-state index contributed by atoms with van der Waals surface area (Å²) in [5.74, 6) is -0.581. The highest BCUT2D eigenvalue weighted by Crippen LogP contribution is 2.31. The molecule has 0 saturated carbocycles. The minimum atomic E-state index is -4.46. The summed E-state index contributed by atoms with van der Waals surface area (Å²) in [4.78, 5) is 11.5. The number of halogens is 4. The largest absolute Gasteiger partial charge is 0.416 e. The van der Waals surface area contributed by atoms with Crippen molar-refractivity contribution in [2.24, 2.45) is 0 Å². The molecule has 0 saturated heterocycles. The van der Waals surface area contributed by atoms with Gasteiger partial charge in [0, 0.05) is 11.0 Å². The lowest BCUT2D eigenvalue weighted by molar-refractivity contribution is -0.137. The Kier molecular flexibility index (Phi) is 4.34. The highest BCUT2D eigenvalue weighted by molar-refractivity contribution is 9.10. The molecule has 92 valence electrons. The third-order valence-corrected chi connectivity index (χ3v) is 2.64. The van der Waals surface area contributed by atoms with Gasteiger partial charge in [0.25, 0.3) is 5.91 Å². The van der Waals surface area contributed by atoms with Crippen molar-refractivity contribution >= 4 is 21.8 Å². The first-order valence-electron chi connectivity index (χ1n) is 4.62. The third kappa shape index (κ3) is 3.59. The quantitative estimate of drug-likeness (QED) is 0.852. The number of amides is 1. The van der Waals surface area contributed by atoms with Crippen LogP contribution in [0.1, 0.15) is 15.9 Å². The van der Waals surface area contributed by atoms with E-state index in [4.69, 9.17) is 0 Å². The first-order chi connectivity index (χ1) is 7.86. The van der Waals surface area contributed by atoms with Crippen LogP contribution in [0.25, 0.3) is 0 Å². The number of rotatable bonds is 3. The van der Waals surface area contributed by atoms with Gasteiger partial charge in [-0.05, 0) is 34.1 Å². The molecule has 0 bridgehead atoms. The molecule has 0 aliphatic rings. The molecular weight excluding hydrogens is 299 g/mol. The summed E-state index contributed by atoms with van der Waals surface area (Å²) in [6.07, 6.45) is -3.02. The summed E-state index contributed by atoms with van der Waals surface area (Å²) in [6.45, 7) is 3.60. The van der Waals surface area contributed by atoms with Crippen molar-refractivity contribution in [1.29, 1.82) is 0 Å². The fourth-order valence-electron chi connectivity index (χ4n) is 1.14. The van der Waals surface area contributed by atoms with Crippen molar-refractivity contribution in [3.05, 3.63) is 46.5 Å². The van der Waals surface area contributed by atoms with Crippen LogP contribution in [0, 0.1) is 0 Å². The third-order valence-electron chi connectivity index (χ3n) is 1.95. The summed E-state index contributed by atoms with van der Waals surface area (Å²) < 4.78 is 37.7. The molecule has 0 atom stereocenters. The Balaban J connectivity index is 3.06. The maximum Gasteiger partial charge on any atom is 0.416 e. The SMILES string of the molecule is C=CCNC(=O)c1cc(C(F)(F)F)ccc1Br. The second-order valence-electron chi connectivity index (χ2n) is 3.19. The summed E-state index contributed by atoms with van der Waals surface area (Å²) in [6, 6.07) is 2.92. The maximum absolute atomic E-state index is 12.5. The van der Waals surface area contributed by atoms with Crippen LogP contribution in [0.4, 0.5) is 13.2 Å². The molecule has 1 aromatic rings. The van der Waals surface area contributed by atoms with Gasteiger partial charge in [0.05, 0.1) is 11.1 Å². The molecule has 0 aliphatic carbocycles. The van der Waals surface area contributed by atoms with Crippen LogP contribution >= 0.6 is 15.9 Å². The predicted octanol–water partition coefficient (Wildman–Crippen LogP) is 3.38. The second-order valence-corrected chi connectivity index (χ2v) is 4.05. The van der Waals surface area contributed by atoms with Gasteiger partial charge in [-0.2, -0.15) is 13.2 Å². The van der Waals surface area contributed by atoms with E-state index in [-0.39, 0.29) is 12.1 Å². The Bertz CT molecular complexity index is 443. The van der Waals surface area contributed by atoms with Crippen LogP contribution in [0.5, 0.6) is 0 Å². The molecule has 17 heavy (non-hydrogen) atoms. The average molecular weight is 308 g/mol. The molecular formula is C11H9BrF3NO. The monoisotopic (exact) mass is 307 g/mol. The number of benzene rings is 1. The first kappa shape index (κ1) is 13.8. The van der Waals surface area contributed by atoms with Crippen molar-refractivity contribution in [3.63, 3.8) is 0 Å². The molecule has 0 spiro atoms. The smallest absolute Gasteiger partial charge is 0.349 e. The van der Waals surface area contributed by atoms with E-state index in [0.29, 0.717) is 4.47 Å². The Morgan fingerprint density at radius 1 is 1.47 bits per heavy atom. The minimum absolute atomic E-state index is 0.0540. The minimum Gasteiger partial charge on any atom is -0.349 e. The molecule has 0 heterocycles. The lowest BCUT2D eigenvalue weighted by Gasteiger charge is -2.10. The van der Waals surface area contributed by atoms with Crippen molar-refractivity contribution in [1.82, 2.24) is 5.32 Å². The maximum atomic E-state index is 12.5. The Hall–Kier alpha value is -1.30. The molecule has 1 N–H and O–H groups in total. The van der Waals surface area contributed by atoms with Gasteiger partial charge in [-0.3, -0.25) is 4.79 Å². The molecule has 0 aromatic heterocycles.